The molecule has 0 aliphatic heterocycles. The lowest BCUT2D eigenvalue weighted by molar-refractivity contribution is 0.263. The third-order valence-corrected chi connectivity index (χ3v) is 4.67. The van der Waals surface area contributed by atoms with Gasteiger partial charge in [-0.1, -0.05) is 19.3 Å². The summed E-state index contributed by atoms with van der Waals surface area (Å²) in [5, 5.41) is 7.37. The predicted molar refractivity (Wildman–Crippen MR) is 81.9 cm³/mol. The second-order valence-corrected chi connectivity index (χ2v) is 5.98. The Morgan fingerprint density at radius 2 is 1.95 bits per heavy atom. The van der Waals surface area contributed by atoms with E-state index in [-0.39, 0.29) is 0 Å². The first-order chi connectivity index (χ1) is 9.77. The minimum Gasteiger partial charge on any atom is -0.297 e. The molecule has 1 N–H and O–H groups in total. The summed E-state index contributed by atoms with van der Waals surface area (Å²) in [5.74, 6) is 1.63. The zero-order valence-electron chi connectivity index (χ0n) is 11.7. The number of nitrogens with zero attached hydrogens (tertiary/aromatic N) is 3. The van der Waals surface area contributed by atoms with Crippen molar-refractivity contribution in [3.8, 4) is 11.4 Å². The van der Waals surface area contributed by atoms with Gasteiger partial charge < -0.3 is 0 Å². The second-order valence-electron chi connectivity index (χ2n) is 5.60. The SMILES string of the molecule is CC(C1CCCCC1)n1c(-c2ccncc2)n[nH]c1=S. The number of aromatic amines is 1. The number of nitrogens with one attached hydrogen (secondary N) is 1. The van der Waals surface area contributed by atoms with Gasteiger partial charge in [0.1, 0.15) is 0 Å². The van der Waals surface area contributed by atoms with Crippen molar-refractivity contribution in [2.24, 2.45) is 5.92 Å². The molecule has 0 saturated heterocycles. The van der Waals surface area contributed by atoms with Gasteiger partial charge in [0.05, 0.1) is 0 Å². The van der Waals surface area contributed by atoms with Gasteiger partial charge in [0.15, 0.2) is 10.6 Å². The van der Waals surface area contributed by atoms with Crippen LogP contribution in [0.1, 0.15) is 45.1 Å². The summed E-state index contributed by atoms with van der Waals surface area (Å²) in [6.07, 6.45) is 10.2. The van der Waals surface area contributed by atoms with E-state index in [0.717, 1.165) is 16.2 Å². The van der Waals surface area contributed by atoms with E-state index in [9.17, 15) is 0 Å². The summed E-state index contributed by atoms with van der Waals surface area (Å²) in [5.41, 5.74) is 1.06. The van der Waals surface area contributed by atoms with Crippen LogP contribution in [-0.2, 0) is 0 Å². The van der Waals surface area contributed by atoms with Crippen molar-refractivity contribution in [2.75, 3.05) is 0 Å². The molecule has 0 aromatic carbocycles. The number of H-pyrrole nitrogens is 1. The molecule has 1 unspecified atom stereocenters. The maximum absolute atomic E-state index is 5.45. The van der Waals surface area contributed by atoms with E-state index in [0.29, 0.717) is 12.0 Å². The normalized spacial score (nSPS) is 18.1. The van der Waals surface area contributed by atoms with Crippen molar-refractivity contribution in [1.82, 2.24) is 19.7 Å². The van der Waals surface area contributed by atoms with Crippen molar-refractivity contribution >= 4 is 12.2 Å². The van der Waals surface area contributed by atoms with Crippen LogP contribution in [0.15, 0.2) is 24.5 Å². The molecular formula is C15H20N4S. The Morgan fingerprint density at radius 3 is 2.65 bits per heavy atom. The van der Waals surface area contributed by atoms with Gasteiger partial charge in [-0.15, -0.1) is 0 Å². The molecule has 1 fully saturated rings. The topological polar surface area (TPSA) is 46.5 Å². The van der Waals surface area contributed by atoms with E-state index in [2.05, 4.69) is 26.7 Å². The monoisotopic (exact) mass is 288 g/mol. The van der Waals surface area contributed by atoms with Crippen LogP contribution in [0.3, 0.4) is 0 Å². The molecule has 5 heteroatoms. The quantitative estimate of drug-likeness (QED) is 0.863. The summed E-state index contributed by atoms with van der Waals surface area (Å²) in [6.45, 7) is 2.27. The molecule has 0 spiro atoms. The lowest BCUT2D eigenvalue weighted by Gasteiger charge is -2.29. The fraction of sp³-hybridized carbons (Fsp3) is 0.533. The maximum atomic E-state index is 5.45. The molecule has 106 valence electrons. The van der Waals surface area contributed by atoms with Crippen LogP contribution >= 0.6 is 12.2 Å². The second kappa shape index (κ2) is 5.87. The first kappa shape index (κ1) is 13.5. The van der Waals surface area contributed by atoms with Crippen LogP contribution in [0.25, 0.3) is 11.4 Å². The summed E-state index contributed by atoms with van der Waals surface area (Å²) in [6, 6.07) is 4.36. The molecule has 2 aromatic rings. The van der Waals surface area contributed by atoms with E-state index in [1.54, 1.807) is 12.4 Å². The number of rotatable bonds is 3. The standard InChI is InChI=1S/C15H20N4S/c1-11(12-5-3-2-4-6-12)19-14(17-18-15(19)20)13-7-9-16-10-8-13/h7-12H,2-6H2,1H3,(H,18,20). The summed E-state index contributed by atoms with van der Waals surface area (Å²) >= 11 is 5.45. The zero-order chi connectivity index (χ0) is 13.9. The lowest BCUT2D eigenvalue weighted by Crippen LogP contribution is -2.20. The van der Waals surface area contributed by atoms with Crippen LogP contribution in [0.4, 0.5) is 0 Å². The first-order valence-electron chi connectivity index (χ1n) is 7.34. The average Bonchev–Trinajstić information content (AvgIpc) is 2.90. The van der Waals surface area contributed by atoms with Crippen molar-refractivity contribution in [1.29, 1.82) is 0 Å². The fourth-order valence-corrected chi connectivity index (χ4v) is 3.51. The van der Waals surface area contributed by atoms with Crippen LogP contribution in [0.5, 0.6) is 0 Å². The van der Waals surface area contributed by atoms with E-state index in [1.807, 2.05) is 12.1 Å². The third kappa shape index (κ3) is 2.54. The molecule has 1 atom stereocenters. The molecule has 4 nitrogen and oxygen atoms in total. The fourth-order valence-electron chi connectivity index (χ4n) is 3.21. The van der Waals surface area contributed by atoms with E-state index in [1.165, 1.54) is 32.1 Å². The smallest absolute Gasteiger partial charge is 0.195 e. The molecule has 0 radical (unpaired) electrons. The molecule has 20 heavy (non-hydrogen) atoms. The minimum absolute atomic E-state index is 0.393. The zero-order valence-corrected chi connectivity index (χ0v) is 12.6. The molecule has 0 amide bonds. The molecule has 1 aliphatic carbocycles. The van der Waals surface area contributed by atoms with E-state index < -0.39 is 0 Å². The highest BCUT2D eigenvalue weighted by atomic mass is 32.1. The van der Waals surface area contributed by atoms with Crippen molar-refractivity contribution < 1.29 is 0 Å². The van der Waals surface area contributed by atoms with Gasteiger partial charge in [0.2, 0.25) is 0 Å². The number of pyridine rings is 1. The number of aromatic nitrogens is 4. The van der Waals surface area contributed by atoms with Gasteiger partial charge >= 0.3 is 0 Å². The van der Waals surface area contributed by atoms with Crippen molar-refractivity contribution in [3.63, 3.8) is 0 Å². The Bertz CT molecular complexity index is 610. The highest BCUT2D eigenvalue weighted by Gasteiger charge is 2.24. The molecule has 1 saturated carbocycles. The molecule has 2 aromatic heterocycles. The van der Waals surface area contributed by atoms with Gasteiger partial charge in [-0.3, -0.25) is 14.6 Å². The molecule has 3 rings (SSSR count). The van der Waals surface area contributed by atoms with Crippen LogP contribution in [0.2, 0.25) is 0 Å². The summed E-state index contributed by atoms with van der Waals surface area (Å²) in [4.78, 5) is 4.07. The van der Waals surface area contributed by atoms with Gasteiger partial charge in [0.25, 0.3) is 0 Å². The van der Waals surface area contributed by atoms with Gasteiger partial charge in [-0.05, 0) is 50.0 Å². The van der Waals surface area contributed by atoms with Crippen LogP contribution < -0.4 is 0 Å². The molecule has 1 aliphatic rings. The average molecular weight is 288 g/mol. The number of hydrogen-bond donors (Lipinski definition) is 1. The van der Waals surface area contributed by atoms with Crippen LogP contribution in [0, 0.1) is 10.7 Å². The Kier molecular flexibility index (Phi) is 3.96. The maximum Gasteiger partial charge on any atom is 0.195 e. The molecule has 0 bridgehead atoms. The Balaban J connectivity index is 1.96. The van der Waals surface area contributed by atoms with E-state index >= 15 is 0 Å². The Morgan fingerprint density at radius 1 is 1.25 bits per heavy atom. The first-order valence-corrected chi connectivity index (χ1v) is 7.75. The summed E-state index contributed by atoms with van der Waals surface area (Å²) in [7, 11) is 0. The lowest BCUT2D eigenvalue weighted by atomic mass is 9.84. The van der Waals surface area contributed by atoms with Gasteiger partial charge in [-0.25, -0.2) is 0 Å². The van der Waals surface area contributed by atoms with Gasteiger partial charge in [-0.2, -0.15) is 5.10 Å². The largest absolute Gasteiger partial charge is 0.297 e. The predicted octanol–water partition coefficient (Wildman–Crippen LogP) is 4.14. The van der Waals surface area contributed by atoms with E-state index in [4.69, 9.17) is 12.2 Å². The highest BCUT2D eigenvalue weighted by molar-refractivity contribution is 7.71. The Labute approximate surface area is 124 Å². The van der Waals surface area contributed by atoms with Crippen LogP contribution in [-0.4, -0.2) is 19.7 Å². The highest BCUT2D eigenvalue weighted by Crippen LogP contribution is 2.34. The van der Waals surface area contributed by atoms with Crippen molar-refractivity contribution in [2.45, 2.75) is 45.1 Å². The van der Waals surface area contributed by atoms with Gasteiger partial charge in [0, 0.05) is 24.0 Å². The third-order valence-electron chi connectivity index (χ3n) is 4.38. The Hall–Kier alpha value is -1.49. The number of hydrogen-bond acceptors (Lipinski definition) is 3. The minimum atomic E-state index is 0.393. The van der Waals surface area contributed by atoms with Crippen molar-refractivity contribution in [3.05, 3.63) is 29.3 Å². The molecule has 2 heterocycles. The summed E-state index contributed by atoms with van der Waals surface area (Å²) < 4.78 is 2.90. The molecular weight excluding hydrogens is 268 g/mol.